The number of benzene rings is 3. The second-order valence-electron chi connectivity index (χ2n) is 10.0. The van der Waals surface area contributed by atoms with Crippen molar-refractivity contribution < 1.29 is 28.3 Å². The molecule has 3 heterocycles. The third-order valence-corrected chi connectivity index (χ3v) is 8.49. The van der Waals surface area contributed by atoms with Gasteiger partial charge in [0.05, 0.1) is 53.2 Å². The highest BCUT2D eigenvalue weighted by atomic mass is 32.1. The van der Waals surface area contributed by atoms with Gasteiger partial charge in [0.15, 0.2) is 4.80 Å². The number of methoxy groups -OCH3 is 2. The Labute approximate surface area is 260 Å². The van der Waals surface area contributed by atoms with Crippen LogP contribution < -0.4 is 24.4 Å². The molecule has 0 saturated heterocycles. The molecule has 6 rings (SSSR count). The Morgan fingerprint density at radius 3 is 2.60 bits per heavy atom. The normalized spacial score (nSPS) is 14.7. The van der Waals surface area contributed by atoms with Crippen LogP contribution in [0.25, 0.3) is 28.2 Å². The molecule has 45 heavy (non-hydrogen) atoms. The number of fused-ring (bicyclic) bond motifs is 2. The van der Waals surface area contributed by atoms with Gasteiger partial charge in [-0.25, -0.2) is 9.79 Å². The monoisotopic (exact) mass is 625 g/mol. The van der Waals surface area contributed by atoms with Gasteiger partial charge >= 0.3 is 5.97 Å². The first-order valence-electron chi connectivity index (χ1n) is 13.9. The molecule has 1 aliphatic rings. The number of furan rings is 1. The number of thiazole rings is 1. The molecule has 228 valence electrons. The molecule has 0 amide bonds. The van der Waals surface area contributed by atoms with E-state index >= 15 is 0 Å². The van der Waals surface area contributed by atoms with Crippen LogP contribution in [0.15, 0.2) is 92.2 Å². The van der Waals surface area contributed by atoms with Crippen molar-refractivity contribution in [2.24, 2.45) is 4.99 Å². The van der Waals surface area contributed by atoms with E-state index in [-0.39, 0.29) is 29.2 Å². The minimum atomic E-state index is -0.875. The van der Waals surface area contributed by atoms with Gasteiger partial charge in [-0.3, -0.25) is 19.5 Å². The number of aromatic nitrogens is 1. The summed E-state index contributed by atoms with van der Waals surface area (Å²) in [6, 6.07) is 18.2. The van der Waals surface area contributed by atoms with E-state index in [1.54, 1.807) is 45.2 Å². The van der Waals surface area contributed by atoms with Crippen molar-refractivity contribution in [3.8, 4) is 22.8 Å². The van der Waals surface area contributed by atoms with Crippen LogP contribution in [0.1, 0.15) is 31.2 Å². The van der Waals surface area contributed by atoms with Gasteiger partial charge < -0.3 is 18.6 Å². The molecule has 0 spiro atoms. The summed E-state index contributed by atoms with van der Waals surface area (Å²) in [6.07, 6.45) is 1.60. The lowest BCUT2D eigenvalue weighted by Crippen LogP contribution is -2.40. The molecule has 5 aromatic rings. The zero-order valence-corrected chi connectivity index (χ0v) is 25.5. The van der Waals surface area contributed by atoms with E-state index in [9.17, 15) is 19.7 Å². The molecule has 1 atom stereocenters. The molecule has 0 unspecified atom stereocenters. The predicted molar refractivity (Wildman–Crippen MR) is 168 cm³/mol. The number of allylic oxidation sites excluding steroid dienone is 1. The number of nitro benzene ring substituents is 1. The second kappa shape index (κ2) is 11.9. The summed E-state index contributed by atoms with van der Waals surface area (Å²) in [7, 11) is 2.97. The van der Waals surface area contributed by atoms with Crippen molar-refractivity contribution in [3.63, 3.8) is 0 Å². The van der Waals surface area contributed by atoms with E-state index in [0.717, 1.165) is 22.1 Å². The highest BCUT2D eigenvalue weighted by molar-refractivity contribution is 7.07. The van der Waals surface area contributed by atoms with Gasteiger partial charge in [0.2, 0.25) is 0 Å². The minimum absolute atomic E-state index is 0.113. The van der Waals surface area contributed by atoms with E-state index in [1.165, 1.54) is 23.8 Å². The molecule has 0 saturated carbocycles. The minimum Gasteiger partial charge on any atom is -0.496 e. The van der Waals surface area contributed by atoms with Gasteiger partial charge in [0.25, 0.3) is 11.2 Å². The number of carbonyl (C=O) groups excluding carboxylic acids is 1. The molecule has 3 aromatic carbocycles. The van der Waals surface area contributed by atoms with Crippen molar-refractivity contribution in [2.45, 2.75) is 19.9 Å². The van der Waals surface area contributed by atoms with Gasteiger partial charge in [-0.1, -0.05) is 41.7 Å². The summed E-state index contributed by atoms with van der Waals surface area (Å²) in [5, 5.41) is 12.9. The number of nitrogens with zero attached hydrogens (tertiary/aromatic N) is 3. The molecule has 0 radical (unpaired) electrons. The van der Waals surface area contributed by atoms with Crippen molar-refractivity contribution in [2.75, 3.05) is 20.8 Å². The summed E-state index contributed by atoms with van der Waals surface area (Å²) >= 11 is 1.16. The number of nitro groups is 1. The molecule has 11 nitrogen and oxygen atoms in total. The summed E-state index contributed by atoms with van der Waals surface area (Å²) < 4.78 is 24.5. The highest BCUT2D eigenvalue weighted by Gasteiger charge is 2.36. The van der Waals surface area contributed by atoms with Crippen molar-refractivity contribution >= 4 is 39.8 Å². The Balaban J connectivity index is 1.53. The summed E-state index contributed by atoms with van der Waals surface area (Å²) in [5.41, 5.74) is 1.35. The maximum absolute atomic E-state index is 14.2. The van der Waals surface area contributed by atoms with Gasteiger partial charge in [0.1, 0.15) is 29.1 Å². The smallest absolute Gasteiger partial charge is 0.338 e. The molecule has 0 bridgehead atoms. The van der Waals surface area contributed by atoms with Crippen molar-refractivity contribution in [1.82, 2.24) is 4.57 Å². The Morgan fingerprint density at radius 1 is 1.09 bits per heavy atom. The fourth-order valence-electron chi connectivity index (χ4n) is 5.50. The van der Waals surface area contributed by atoms with Gasteiger partial charge in [0, 0.05) is 17.7 Å². The SMILES string of the molecule is CCOC(=O)C1=C(C)N=c2s/c(=C/c3ccc(-c4ccc([N+](=O)[O-])cc4OC)o3)c(=O)n2[C@H]1c1c(OC)ccc2ccccc12. The molecule has 0 N–H and O–H groups in total. The van der Waals surface area contributed by atoms with E-state index in [1.807, 2.05) is 36.4 Å². The Bertz CT molecular complexity index is 2210. The highest BCUT2D eigenvalue weighted by Crippen LogP contribution is 2.40. The Hall–Kier alpha value is -5.49. The zero-order chi connectivity index (χ0) is 31.8. The predicted octanol–water partition coefficient (Wildman–Crippen LogP) is 5.14. The molecule has 0 aliphatic carbocycles. The van der Waals surface area contributed by atoms with Crippen molar-refractivity contribution in [1.29, 1.82) is 0 Å². The molecule has 0 fully saturated rings. The average molecular weight is 626 g/mol. The van der Waals surface area contributed by atoms with E-state index < -0.39 is 16.9 Å². The van der Waals surface area contributed by atoms with Crippen molar-refractivity contribution in [3.05, 3.63) is 119 Å². The number of rotatable bonds is 8. The van der Waals surface area contributed by atoms with E-state index in [4.69, 9.17) is 18.6 Å². The average Bonchev–Trinajstić information content (AvgIpc) is 3.63. The molecular formula is C33H27N3O8S. The maximum atomic E-state index is 14.2. The standard InChI is InChI=1S/C33H27N3O8S/c1-5-43-32(38)28-18(2)34-33-35(30(28)29-22-9-7-6-8-19(22)10-14-25(29)41-3)31(37)27(45-33)17-21-12-15-24(44-21)23-13-11-20(36(39)40)16-26(23)42-4/h6-17,30H,5H2,1-4H3/b27-17+/t30-/m1/s1. The van der Waals surface area contributed by atoms with Crippen LogP contribution in [0.5, 0.6) is 11.5 Å². The van der Waals surface area contributed by atoms with Gasteiger partial charge in [-0.05, 0) is 48.9 Å². The third kappa shape index (κ3) is 5.18. The Morgan fingerprint density at radius 2 is 1.87 bits per heavy atom. The van der Waals surface area contributed by atoms with Crippen LogP contribution in [0.4, 0.5) is 5.69 Å². The number of esters is 1. The fraction of sp³-hybridized carbons (Fsp3) is 0.182. The molecule has 2 aromatic heterocycles. The summed E-state index contributed by atoms with van der Waals surface area (Å²) in [5.74, 6) is 0.990. The third-order valence-electron chi connectivity index (χ3n) is 7.50. The first-order chi connectivity index (χ1) is 21.7. The first kappa shape index (κ1) is 29.6. The molecular weight excluding hydrogens is 598 g/mol. The van der Waals surface area contributed by atoms with Crippen LogP contribution in [0.2, 0.25) is 0 Å². The Kier molecular flexibility index (Phi) is 7.81. The number of hydrogen-bond donors (Lipinski definition) is 0. The van der Waals surface area contributed by atoms with Crippen LogP contribution in [-0.4, -0.2) is 36.3 Å². The number of ether oxygens (including phenoxy) is 3. The number of non-ortho nitro benzene ring substituents is 1. The number of hydrogen-bond acceptors (Lipinski definition) is 10. The lowest BCUT2D eigenvalue weighted by atomic mass is 9.90. The van der Waals surface area contributed by atoms with E-state index in [0.29, 0.717) is 43.4 Å². The molecule has 1 aliphatic heterocycles. The lowest BCUT2D eigenvalue weighted by Gasteiger charge is -2.27. The summed E-state index contributed by atoms with van der Waals surface area (Å²) in [6.45, 7) is 3.60. The van der Waals surface area contributed by atoms with Crippen LogP contribution in [0.3, 0.4) is 0 Å². The van der Waals surface area contributed by atoms with Crippen LogP contribution in [0, 0.1) is 10.1 Å². The fourth-order valence-corrected chi connectivity index (χ4v) is 6.53. The van der Waals surface area contributed by atoms with E-state index in [2.05, 4.69) is 4.99 Å². The van der Waals surface area contributed by atoms with Gasteiger partial charge in [-0.2, -0.15) is 0 Å². The summed E-state index contributed by atoms with van der Waals surface area (Å²) in [4.78, 5) is 43.4. The van der Waals surface area contributed by atoms with Crippen LogP contribution >= 0.6 is 11.3 Å². The van der Waals surface area contributed by atoms with Gasteiger partial charge in [-0.15, -0.1) is 0 Å². The zero-order valence-electron chi connectivity index (χ0n) is 24.7. The largest absolute Gasteiger partial charge is 0.496 e. The quantitative estimate of drug-likeness (QED) is 0.131. The molecule has 12 heteroatoms. The van der Waals surface area contributed by atoms with Crippen LogP contribution in [-0.2, 0) is 9.53 Å². The second-order valence-corrected chi connectivity index (χ2v) is 11.1. The number of carbonyl (C=O) groups is 1. The first-order valence-corrected chi connectivity index (χ1v) is 14.7. The topological polar surface area (TPSA) is 135 Å². The lowest BCUT2D eigenvalue weighted by molar-refractivity contribution is -0.384. The maximum Gasteiger partial charge on any atom is 0.338 e.